The molecule has 0 aliphatic carbocycles. The molecule has 0 spiro atoms. The van der Waals surface area contributed by atoms with Crippen molar-refractivity contribution in [1.29, 1.82) is 0 Å². The van der Waals surface area contributed by atoms with E-state index in [2.05, 4.69) is 27.6 Å². The highest BCUT2D eigenvalue weighted by Gasteiger charge is 2.00. The molecule has 0 unspecified atom stereocenters. The Morgan fingerprint density at radius 2 is 1.76 bits per heavy atom. The van der Waals surface area contributed by atoms with E-state index < -0.39 is 0 Å². The van der Waals surface area contributed by atoms with Gasteiger partial charge in [-0.3, -0.25) is 15.0 Å². The number of hydrogen-bond acceptors (Lipinski definition) is 4. The number of carbonyl (C=O) groups is 2. The zero-order valence-corrected chi connectivity index (χ0v) is 15.0. The maximum atomic E-state index is 11.2. The van der Waals surface area contributed by atoms with Gasteiger partial charge in [-0.05, 0) is 35.7 Å². The van der Waals surface area contributed by atoms with Crippen LogP contribution in [0.1, 0.15) is 23.7 Å². The van der Waals surface area contributed by atoms with Crippen molar-refractivity contribution in [2.75, 3.05) is 5.32 Å². The van der Waals surface area contributed by atoms with Crippen LogP contribution in [0.25, 0.3) is 0 Å². The summed E-state index contributed by atoms with van der Waals surface area (Å²) >= 11 is 0. The van der Waals surface area contributed by atoms with Crippen LogP contribution in [0.5, 0.6) is 0 Å². The quantitative estimate of drug-likeness (QED) is 0.327. The standard InChI is InChI=1S/C17H16N4O2.2ClH/c1-12(22)19-16-4-2-3-15(20-16)10-9-13-5-7-14(8-6-13)11-17(23)21-18;;/h2-8H,11,18H2,1H3,(H,21,23)(H,19,20,22);2*1H. The number of hydrazine groups is 1. The van der Waals surface area contributed by atoms with Gasteiger partial charge in [-0.1, -0.05) is 24.1 Å². The number of amides is 2. The summed E-state index contributed by atoms with van der Waals surface area (Å²) < 4.78 is 0. The number of hydrogen-bond donors (Lipinski definition) is 3. The smallest absolute Gasteiger partial charge is 0.238 e. The van der Waals surface area contributed by atoms with Gasteiger partial charge in [0.15, 0.2) is 0 Å². The van der Waals surface area contributed by atoms with Crippen molar-refractivity contribution in [3.8, 4) is 11.8 Å². The fourth-order valence-electron chi connectivity index (χ4n) is 1.83. The molecular weight excluding hydrogens is 363 g/mol. The van der Waals surface area contributed by atoms with Crippen molar-refractivity contribution < 1.29 is 9.59 Å². The van der Waals surface area contributed by atoms with Crippen LogP contribution >= 0.6 is 24.8 Å². The lowest BCUT2D eigenvalue weighted by atomic mass is 10.1. The van der Waals surface area contributed by atoms with Gasteiger partial charge in [0.1, 0.15) is 11.5 Å². The van der Waals surface area contributed by atoms with Crippen LogP contribution in [0.15, 0.2) is 42.5 Å². The number of nitrogens with zero attached hydrogens (tertiary/aromatic N) is 1. The highest BCUT2D eigenvalue weighted by molar-refractivity contribution is 5.87. The molecule has 6 nitrogen and oxygen atoms in total. The molecule has 1 aromatic heterocycles. The van der Waals surface area contributed by atoms with E-state index in [-0.39, 0.29) is 43.0 Å². The lowest BCUT2D eigenvalue weighted by Gasteiger charge is -2.01. The fourth-order valence-corrected chi connectivity index (χ4v) is 1.83. The summed E-state index contributed by atoms with van der Waals surface area (Å²) in [5.74, 6) is 11.0. The zero-order valence-electron chi connectivity index (χ0n) is 13.4. The van der Waals surface area contributed by atoms with E-state index in [1.54, 1.807) is 18.2 Å². The van der Waals surface area contributed by atoms with Crippen LogP contribution in [-0.4, -0.2) is 16.8 Å². The Morgan fingerprint density at radius 3 is 2.36 bits per heavy atom. The molecule has 25 heavy (non-hydrogen) atoms. The number of aromatic nitrogens is 1. The molecule has 2 aromatic rings. The number of pyridine rings is 1. The Hall–Kier alpha value is -2.59. The Kier molecular flexibility index (Phi) is 9.91. The molecule has 2 rings (SSSR count). The van der Waals surface area contributed by atoms with Gasteiger partial charge < -0.3 is 5.32 Å². The fraction of sp³-hybridized carbons (Fsp3) is 0.118. The van der Waals surface area contributed by atoms with Gasteiger partial charge in [0.2, 0.25) is 11.8 Å². The minimum atomic E-state index is -0.247. The first kappa shape index (κ1) is 22.4. The number of nitrogens with two attached hydrogens (primary N) is 1. The topological polar surface area (TPSA) is 97.1 Å². The maximum Gasteiger partial charge on any atom is 0.238 e. The first-order valence-corrected chi connectivity index (χ1v) is 6.92. The minimum Gasteiger partial charge on any atom is -0.311 e. The van der Waals surface area contributed by atoms with E-state index in [1.807, 2.05) is 24.3 Å². The highest BCUT2D eigenvalue weighted by atomic mass is 35.5. The monoisotopic (exact) mass is 380 g/mol. The van der Waals surface area contributed by atoms with Crippen molar-refractivity contribution in [3.05, 3.63) is 59.3 Å². The van der Waals surface area contributed by atoms with Crippen molar-refractivity contribution in [1.82, 2.24) is 10.4 Å². The third-order valence-corrected chi connectivity index (χ3v) is 2.87. The highest BCUT2D eigenvalue weighted by Crippen LogP contribution is 2.06. The van der Waals surface area contributed by atoms with Crippen LogP contribution < -0.4 is 16.6 Å². The number of nitrogens with one attached hydrogen (secondary N) is 2. The first-order valence-electron chi connectivity index (χ1n) is 6.92. The van der Waals surface area contributed by atoms with Crippen molar-refractivity contribution in [2.24, 2.45) is 5.84 Å². The number of anilines is 1. The first-order chi connectivity index (χ1) is 11.1. The molecule has 0 radical (unpaired) electrons. The van der Waals surface area contributed by atoms with Crippen molar-refractivity contribution in [3.63, 3.8) is 0 Å². The van der Waals surface area contributed by atoms with E-state index in [1.165, 1.54) is 6.92 Å². The van der Waals surface area contributed by atoms with Crippen molar-refractivity contribution in [2.45, 2.75) is 13.3 Å². The van der Waals surface area contributed by atoms with Gasteiger partial charge in [0, 0.05) is 12.5 Å². The van der Waals surface area contributed by atoms with Gasteiger partial charge in [-0.25, -0.2) is 10.8 Å². The molecule has 0 fully saturated rings. The molecule has 132 valence electrons. The summed E-state index contributed by atoms with van der Waals surface area (Å²) in [5, 5.41) is 2.61. The molecule has 0 saturated carbocycles. The van der Waals surface area contributed by atoms with Gasteiger partial charge >= 0.3 is 0 Å². The summed E-state index contributed by atoms with van der Waals surface area (Å²) in [4.78, 5) is 26.4. The van der Waals surface area contributed by atoms with Crippen LogP contribution in [0, 0.1) is 11.8 Å². The number of carbonyl (C=O) groups excluding carboxylic acids is 2. The SMILES string of the molecule is CC(=O)Nc1cccc(C#Cc2ccc(CC(=O)NN)cc2)n1.Cl.Cl. The van der Waals surface area contributed by atoms with E-state index in [9.17, 15) is 9.59 Å². The molecule has 0 saturated heterocycles. The van der Waals surface area contributed by atoms with Crippen LogP contribution in [0.2, 0.25) is 0 Å². The number of benzene rings is 1. The second-order valence-corrected chi connectivity index (χ2v) is 4.78. The van der Waals surface area contributed by atoms with Gasteiger partial charge in [-0.15, -0.1) is 24.8 Å². The molecule has 1 aromatic carbocycles. The molecule has 0 aliphatic rings. The Morgan fingerprint density at radius 1 is 1.08 bits per heavy atom. The summed E-state index contributed by atoms with van der Waals surface area (Å²) in [6, 6.07) is 12.5. The number of halogens is 2. The van der Waals surface area contributed by atoms with Crippen LogP contribution in [-0.2, 0) is 16.0 Å². The molecule has 0 aliphatic heterocycles. The molecule has 0 bridgehead atoms. The van der Waals surface area contributed by atoms with Crippen molar-refractivity contribution >= 4 is 42.4 Å². The van der Waals surface area contributed by atoms with Crippen LogP contribution in [0.3, 0.4) is 0 Å². The molecule has 2 amide bonds. The van der Waals surface area contributed by atoms with Crippen LogP contribution in [0.4, 0.5) is 5.82 Å². The van der Waals surface area contributed by atoms with E-state index in [4.69, 9.17) is 5.84 Å². The third-order valence-electron chi connectivity index (χ3n) is 2.87. The molecular formula is C17H18Cl2N4O2. The Labute approximate surface area is 158 Å². The Bertz CT molecular complexity index is 783. The third kappa shape index (κ3) is 7.68. The van der Waals surface area contributed by atoms with Gasteiger partial charge in [0.05, 0.1) is 6.42 Å². The van der Waals surface area contributed by atoms with Gasteiger partial charge in [0.25, 0.3) is 0 Å². The Balaban J connectivity index is 0.00000288. The normalized spacial score (nSPS) is 8.72. The summed E-state index contributed by atoms with van der Waals surface area (Å²) in [5.41, 5.74) is 4.30. The number of rotatable bonds is 3. The minimum absolute atomic E-state index is 0. The average Bonchev–Trinajstić information content (AvgIpc) is 2.54. The summed E-state index contributed by atoms with van der Waals surface area (Å²) in [6.45, 7) is 1.42. The summed E-state index contributed by atoms with van der Waals surface area (Å²) in [7, 11) is 0. The second kappa shape index (κ2) is 11.0. The average molecular weight is 381 g/mol. The predicted octanol–water partition coefficient (Wildman–Crippen LogP) is 1.82. The molecule has 8 heteroatoms. The van der Waals surface area contributed by atoms with E-state index >= 15 is 0 Å². The predicted molar refractivity (Wildman–Crippen MR) is 101 cm³/mol. The van der Waals surface area contributed by atoms with E-state index in [0.717, 1.165) is 11.1 Å². The molecule has 0 atom stereocenters. The van der Waals surface area contributed by atoms with Gasteiger partial charge in [-0.2, -0.15) is 0 Å². The molecule has 1 heterocycles. The van der Waals surface area contributed by atoms with E-state index in [0.29, 0.717) is 11.5 Å². The maximum absolute atomic E-state index is 11.2. The second-order valence-electron chi connectivity index (χ2n) is 4.78. The molecule has 4 N–H and O–H groups in total. The largest absolute Gasteiger partial charge is 0.311 e. The lowest BCUT2D eigenvalue weighted by Crippen LogP contribution is -2.31. The zero-order chi connectivity index (χ0) is 16.7. The lowest BCUT2D eigenvalue weighted by molar-refractivity contribution is -0.120. The summed E-state index contributed by atoms with van der Waals surface area (Å²) in [6.07, 6.45) is 0.227.